The Labute approximate surface area is 174 Å². The SMILES string of the molecule is Cc1cccc(C(C)C)c1NC(=O)[C@@H](C)OC(=O)CCn1c(=O)oc2ccccc21. The zero-order valence-electron chi connectivity index (χ0n) is 17.6. The Kier molecular flexibility index (Phi) is 6.40. The molecule has 0 bridgehead atoms. The van der Waals surface area contributed by atoms with Crippen molar-refractivity contribution in [2.45, 2.75) is 52.7 Å². The van der Waals surface area contributed by atoms with Gasteiger partial charge in [0.05, 0.1) is 11.9 Å². The highest BCUT2D eigenvalue weighted by molar-refractivity contribution is 5.96. The lowest BCUT2D eigenvalue weighted by molar-refractivity contribution is -0.153. The maximum atomic E-state index is 12.6. The van der Waals surface area contributed by atoms with Gasteiger partial charge in [-0.15, -0.1) is 0 Å². The molecular weight excluding hydrogens is 384 g/mol. The van der Waals surface area contributed by atoms with E-state index >= 15 is 0 Å². The topological polar surface area (TPSA) is 90.5 Å². The largest absolute Gasteiger partial charge is 0.452 e. The fraction of sp³-hybridized carbons (Fsp3) is 0.348. The van der Waals surface area contributed by atoms with Gasteiger partial charge in [-0.05, 0) is 43.0 Å². The lowest BCUT2D eigenvalue weighted by Gasteiger charge is -2.19. The van der Waals surface area contributed by atoms with E-state index < -0.39 is 23.7 Å². The third kappa shape index (κ3) is 4.62. The van der Waals surface area contributed by atoms with E-state index in [2.05, 4.69) is 19.2 Å². The Hall–Kier alpha value is -3.35. The highest BCUT2D eigenvalue weighted by atomic mass is 16.5. The third-order valence-corrected chi connectivity index (χ3v) is 4.97. The molecule has 7 nitrogen and oxygen atoms in total. The predicted molar refractivity (Wildman–Crippen MR) is 115 cm³/mol. The van der Waals surface area contributed by atoms with Gasteiger partial charge < -0.3 is 14.5 Å². The monoisotopic (exact) mass is 410 g/mol. The molecule has 0 saturated carbocycles. The molecule has 1 N–H and O–H groups in total. The Morgan fingerprint density at radius 2 is 1.83 bits per heavy atom. The van der Waals surface area contributed by atoms with Crippen LogP contribution in [0.2, 0.25) is 0 Å². The number of anilines is 1. The number of fused-ring (bicyclic) bond motifs is 1. The summed E-state index contributed by atoms with van der Waals surface area (Å²) in [6, 6.07) is 12.8. The van der Waals surface area contributed by atoms with Gasteiger partial charge in [0.15, 0.2) is 11.7 Å². The highest BCUT2D eigenvalue weighted by Gasteiger charge is 2.21. The van der Waals surface area contributed by atoms with Gasteiger partial charge in [-0.25, -0.2) is 4.79 Å². The summed E-state index contributed by atoms with van der Waals surface area (Å²) < 4.78 is 11.8. The van der Waals surface area contributed by atoms with Gasteiger partial charge in [-0.3, -0.25) is 14.2 Å². The molecule has 0 radical (unpaired) electrons. The van der Waals surface area contributed by atoms with E-state index in [9.17, 15) is 14.4 Å². The summed E-state index contributed by atoms with van der Waals surface area (Å²) in [4.78, 5) is 36.8. The first-order chi connectivity index (χ1) is 14.3. The molecule has 1 atom stereocenters. The van der Waals surface area contributed by atoms with Crippen LogP contribution < -0.4 is 11.1 Å². The Bertz CT molecular complexity index is 1130. The number of rotatable bonds is 7. The molecule has 3 aromatic rings. The lowest BCUT2D eigenvalue weighted by Crippen LogP contribution is -2.31. The molecule has 0 aliphatic heterocycles. The van der Waals surface area contributed by atoms with Crippen molar-refractivity contribution in [2.75, 3.05) is 5.32 Å². The second kappa shape index (κ2) is 8.98. The minimum Gasteiger partial charge on any atom is -0.452 e. The fourth-order valence-corrected chi connectivity index (χ4v) is 3.31. The van der Waals surface area contributed by atoms with Crippen LogP contribution in [0, 0.1) is 6.92 Å². The van der Waals surface area contributed by atoms with Crippen LogP contribution in [0.25, 0.3) is 11.1 Å². The van der Waals surface area contributed by atoms with Crippen LogP contribution in [0.5, 0.6) is 0 Å². The average molecular weight is 410 g/mol. The summed E-state index contributed by atoms with van der Waals surface area (Å²) >= 11 is 0. The standard InChI is InChI=1S/C23H26N2O5/c1-14(2)17-9-7-8-15(3)21(17)24-22(27)16(4)29-20(26)12-13-25-18-10-5-6-11-19(18)30-23(25)28/h5-11,14,16H,12-13H2,1-4H3,(H,24,27)/t16-/m1/s1. The second-order valence-corrected chi connectivity index (χ2v) is 7.55. The summed E-state index contributed by atoms with van der Waals surface area (Å²) in [5.74, 6) is -1.26. The predicted octanol–water partition coefficient (Wildman–Crippen LogP) is 3.99. The number of carbonyl (C=O) groups excluding carboxylic acids is 2. The van der Waals surface area contributed by atoms with Crippen molar-refractivity contribution in [3.63, 3.8) is 0 Å². The quantitative estimate of drug-likeness (QED) is 0.595. The van der Waals surface area contributed by atoms with Crippen LogP contribution >= 0.6 is 0 Å². The summed E-state index contributed by atoms with van der Waals surface area (Å²) in [5.41, 5.74) is 3.79. The normalized spacial score (nSPS) is 12.2. The highest BCUT2D eigenvalue weighted by Crippen LogP contribution is 2.27. The minimum absolute atomic E-state index is 0.0529. The average Bonchev–Trinajstić information content (AvgIpc) is 3.02. The van der Waals surface area contributed by atoms with Crippen molar-refractivity contribution in [3.8, 4) is 0 Å². The van der Waals surface area contributed by atoms with E-state index in [1.807, 2.05) is 25.1 Å². The third-order valence-electron chi connectivity index (χ3n) is 4.97. The van der Waals surface area contributed by atoms with Gasteiger partial charge in [-0.1, -0.05) is 44.2 Å². The molecule has 2 aromatic carbocycles. The number of hydrogen-bond donors (Lipinski definition) is 1. The van der Waals surface area contributed by atoms with E-state index in [0.717, 1.165) is 16.8 Å². The summed E-state index contributed by atoms with van der Waals surface area (Å²) in [6.45, 7) is 7.66. The molecule has 0 aliphatic rings. The molecule has 1 amide bonds. The van der Waals surface area contributed by atoms with E-state index in [1.54, 1.807) is 24.3 Å². The maximum Gasteiger partial charge on any atom is 0.419 e. The number of ether oxygens (including phenoxy) is 1. The lowest BCUT2D eigenvalue weighted by atomic mass is 9.98. The van der Waals surface area contributed by atoms with Crippen LogP contribution in [0.4, 0.5) is 5.69 Å². The van der Waals surface area contributed by atoms with Gasteiger partial charge in [-0.2, -0.15) is 0 Å². The molecule has 1 heterocycles. The molecule has 0 spiro atoms. The number of oxazole rings is 1. The number of hydrogen-bond acceptors (Lipinski definition) is 5. The van der Waals surface area contributed by atoms with Gasteiger partial charge in [0.25, 0.3) is 5.91 Å². The van der Waals surface area contributed by atoms with Crippen molar-refractivity contribution < 1.29 is 18.7 Å². The molecule has 0 unspecified atom stereocenters. The van der Waals surface area contributed by atoms with E-state index in [1.165, 1.54) is 11.5 Å². The summed E-state index contributed by atoms with van der Waals surface area (Å²) in [7, 11) is 0. The van der Waals surface area contributed by atoms with Crippen LogP contribution in [0.15, 0.2) is 51.7 Å². The molecule has 7 heteroatoms. The number of nitrogens with zero attached hydrogens (tertiary/aromatic N) is 1. The number of nitrogens with one attached hydrogen (secondary N) is 1. The second-order valence-electron chi connectivity index (χ2n) is 7.55. The zero-order valence-corrected chi connectivity index (χ0v) is 17.6. The van der Waals surface area contributed by atoms with E-state index in [0.29, 0.717) is 11.1 Å². The molecule has 0 aliphatic carbocycles. The van der Waals surface area contributed by atoms with Crippen molar-refractivity contribution in [3.05, 3.63) is 64.1 Å². The van der Waals surface area contributed by atoms with Crippen LogP contribution in [-0.4, -0.2) is 22.5 Å². The summed E-state index contributed by atoms with van der Waals surface area (Å²) in [5, 5.41) is 2.88. The van der Waals surface area contributed by atoms with Crippen LogP contribution in [0.1, 0.15) is 44.2 Å². The zero-order chi connectivity index (χ0) is 21.8. The Balaban J connectivity index is 1.61. The number of aryl methyl sites for hydroxylation is 2. The number of aromatic nitrogens is 1. The molecule has 30 heavy (non-hydrogen) atoms. The molecule has 158 valence electrons. The minimum atomic E-state index is -0.963. The van der Waals surface area contributed by atoms with Crippen molar-refractivity contribution in [1.82, 2.24) is 4.57 Å². The van der Waals surface area contributed by atoms with E-state index in [4.69, 9.17) is 9.15 Å². The maximum absolute atomic E-state index is 12.6. The number of carbonyl (C=O) groups is 2. The first-order valence-electron chi connectivity index (χ1n) is 9.96. The molecule has 1 aromatic heterocycles. The first kappa shape index (κ1) is 21.4. The smallest absolute Gasteiger partial charge is 0.419 e. The molecular formula is C23H26N2O5. The summed E-state index contributed by atoms with van der Waals surface area (Å²) in [6.07, 6.45) is -1.02. The number of benzene rings is 2. The number of esters is 1. The van der Waals surface area contributed by atoms with Crippen LogP contribution in [0.3, 0.4) is 0 Å². The van der Waals surface area contributed by atoms with Gasteiger partial charge in [0, 0.05) is 12.2 Å². The van der Waals surface area contributed by atoms with Crippen molar-refractivity contribution in [2.24, 2.45) is 0 Å². The molecule has 0 fully saturated rings. The van der Waals surface area contributed by atoms with Crippen molar-refractivity contribution >= 4 is 28.7 Å². The number of para-hydroxylation sites is 3. The first-order valence-corrected chi connectivity index (χ1v) is 9.96. The fourth-order valence-electron chi connectivity index (χ4n) is 3.31. The van der Waals surface area contributed by atoms with Crippen molar-refractivity contribution in [1.29, 1.82) is 0 Å². The Morgan fingerprint density at radius 1 is 1.10 bits per heavy atom. The van der Waals surface area contributed by atoms with Crippen LogP contribution in [-0.2, 0) is 20.9 Å². The number of amides is 1. The van der Waals surface area contributed by atoms with Gasteiger partial charge in [0.1, 0.15) is 0 Å². The Morgan fingerprint density at radius 3 is 2.57 bits per heavy atom. The molecule has 3 rings (SSSR count). The van der Waals surface area contributed by atoms with E-state index in [-0.39, 0.29) is 18.9 Å². The van der Waals surface area contributed by atoms with Gasteiger partial charge >= 0.3 is 11.7 Å². The molecule has 0 saturated heterocycles. The van der Waals surface area contributed by atoms with Gasteiger partial charge in [0.2, 0.25) is 0 Å².